The Labute approximate surface area is 90.4 Å². The first-order chi connectivity index (χ1) is 7.31. The van der Waals surface area contributed by atoms with Gasteiger partial charge in [0.2, 0.25) is 0 Å². The van der Waals surface area contributed by atoms with Crippen LogP contribution in [0.5, 0.6) is 0 Å². The fourth-order valence-corrected chi connectivity index (χ4v) is 2.12. The number of hydrogen-bond donors (Lipinski definition) is 0. The Balaban J connectivity index is 2.25. The summed E-state index contributed by atoms with van der Waals surface area (Å²) < 4.78 is 0. The Hall–Kier alpha value is -1.56. The molecule has 0 unspecified atom stereocenters. The summed E-state index contributed by atoms with van der Waals surface area (Å²) in [5, 5.41) is 9.00. The molecule has 0 bridgehead atoms. The minimum Gasteiger partial charge on any atom is -0.355 e. The molecule has 0 saturated carbocycles. The fraction of sp³-hybridized carbons (Fsp3) is 0.500. The lowest BCUT2D eigenvalue weighted by molar-refractivity contribution is 0.444. The molecule has 78 valence electrons. The van der Waals surface area contributed by atoms with E-state index in [1.54, 1.807) is 6.20 Å². The van der Waals surface area contributed by atoms with Crippen LogP contribution in [0.1, 0.15) is 25.3 Å². The van der Waals surface area contributed by atoms with Crippen molar-refractivity contribution in [2.45, 2.75) is 19.8 Å². The van der Waals surface area contributed by atoms with Gasteiger partial charge in [-0.15, -0.1) is 0 Å². The maximum atomic E-state index is 9.00. The molecule has 0 amide bonds. The zero-order valence-electron chi connectivity index (χ0n) is 8.98. The standard InChI is InChI=1S/C12H15N3/c1-10-4-3-7-15(9-10)12-11(8-13)5-2-6-14-12/h2,5-6,10H,3-4,7,9H2,1H3/t10-/m1/s1. The first-order valence-electron chi connectivity index (χ1n) is 5.41. The van der Waals surface area contributed by atoms with Gasteiger partial charge in [0, 0.05) is 19.3 Å². The second-order valence-corrected chi connectivity index (χ2v) is 4.18. The minimum atomic E-state index is 0.687. The summed E-state index contributed by atoms with van der Waals surface area (Å²) in [4.78, 5) is 6.54. The van der Waals surface area contributed by atoms with Gasteiger partial charge in [0.15, 0.2) is 0 Å². The van der Waals surface area contributed by atoms with Crippen molar-refractivity contribution in [1.29, 1.82) is 5.26 Å². The van der Waals surface area contributed by atoms with Crippen LogP contribution in [0.3, 0.4) is 0 Å². The first-order valence-corrected chi connectivity index (χ1v) is 5.41. The number of hydrogen-bond acceptors (Lipinski definition) is 3. The third-order valence-corrected chi connectivity index (χ3v) is 2.86. The number of piperidine rings is 1. The van der Waals surface area contributed by atoms with E-state index in [1.807, 2.05) is 12.1 Å². The highest BCUT2D eigenvalue weighted by molar-refractivity contribution is 5.53. The van der Waals surface area contributed by atoms with Crippen LogP contribution < -0.4 is 4.90 Å². The lowest BCUT2D eigenvalue weighted by Gasteiger charge is -2.32. The number of pyridine rings is 1. The zero-order valence-corrected chi connectivity index (χ0v) is 8.98. The number of nitrogens with zero attached hydrogens (tertiary/aromatic N) is 3. The van der Waals surface area contributed by atoms with Gasteiger partial charge in [-0.1, -0.05) is 6.92 Å². The minimum absolute atomic E-state index is 0.687. The average molecular weight is 201 g/mol. The Bertz CT molecular complexity index is 381. The molecule has 2 heterocycles. The van der Waals surface area contributed by atoms with Gasteiger partial charge >= 0.3 is 0 Å². The Morgan fingerprint density at radius 1 is 1.60 bits per heavy atom. The number of aromatic nitrogens is 1. The molecule has 3 heteroatoms. The first kappa shape index (κ1) is 9.97. The van der Waals surface area contributed by atoms with Gasteiger partial charge in [0.25, 0.3) is 0 Å². The third kappa shape index (κ3) is 2.10. The summed E-state index contributed by atoms with van der Waals surface area (Å²) in [5.74, 6) is 1.55. The van der Waals surface area contributed by atoms with Crippen LogP contribution in [0.2, 0.25) is 0 Å². The summed E-state index contributed by atoms with van der Waals surface area (Å²) in [5.41, 5.74) is 0.687. The normalized spacial score (nSPS) is 21.1. The maximum absolute atomic E-state index is 9.00. The van der Waals surface area contributed by atoms with E-state index in [1.165, 1.54) is 12.8 Å². The van der Waals surface area contributed by atoms with E-state index in [9.17, 15) is 0 Å². The Kier molecular flexibility index (Phi) is 2.86. The molecule has 1 aromatic rings. The van der Waals surface area contributed by atoms with E-state index in [0.717, 1.165) is 18.9 Å². The van der Waals surface area contributed by atoms with Crippen molar-refractivity contribution >= 4 is 5.82 Å². The molecule has 2 rings (SSSR count). The van der Waals surface area contributed by atoms with E-state index in [4.69, 9.17) is 5.26 Å². The van der Waals surface area contributed by atoms with Crippen molar-refractivity contribution in [3.05, 3.63) is 23.9 Å². The van der Waals surface area contributed by atoms with E-state index >= 15 is 0 Å². The fourth-order valence-electron chi connectivity index (χ4n) is 2.12. The molecule has 1 fully saturated rings. The summed E-state index contributed by atoms with van der Waals surface area (Å²) in [6.45, 7) is 4.29. The molecule has 3 nitrogen and oxygen atoms in total. The van der Waals surface area contributed by atoms with E-state index in [2.05, 4.69) is 22.9 Å². The van der Waals surface area contributed by atoms with Crippen molar-refractivity contribution < 1.29 is 0 Å². The molecule has 1 saturated heterocycles. The third-order valence-electron chi connectivity index (χ3n) is 2.86. The van der Waals surface area contributed by atoms with Gasteiger partial charge in [0.05, 0.1) is 5.56 Å². The number of nitriles is 1. The van der Waals surface area contributed by atoms with Crippen molar-refractivity contribution in [1.82, 2.24) is 4.98 Å². The lowest BCUT2D eigenvalue weighted by Crippen LogP contribution is -2.35. The van der Waals surface area contributed by atoms with Crippen molar-refractivity contribution in [2.75, 3.05) is 18.0 Å². The largest absolute Gasteiger partial charge is 0.355 e. The predicted octanol–water partition coefficient (Wildman–Crippen LogP) is 2.19. The summed E-state index contributed by atoms with van der Waals surface area (Å²) in [7, 11) is 0. The molecule has 0 N–H and O–H groups in total. The molecule has 0 spiro atoms. The van der Waals surface area contributed by atoms with Gasteiger partial charge in [0.1, 0.15) is 11.9 Å². The highest BCUT2D eigenvalue weighted by atomic mass is 15.2. The van der Waals surface area contributed by atoms with Gasteiger partial charge in [-0.05, 0) is 30.9 Å². The average Bonchev–Trinajstić information content (AvgIpc) is 2.29. The predicted molar refractivity (Wildman–Crippen MR) is 59.6 cm³/mol. The van der Waals surface area contributed by atoms with E-state index in [-0.39, 0.29) is 0 Å². The van der Waals surface area contributed by atoms with Gasteiger partial charge in [-0.3, -0.25) is 0 Å². The molecule has 1 aromatic heterocycles. The van der Waals surface area contributed by atoms with Crippen LogP contribution >= 0.6 is 0 Å². The molecule has 0 aromatic carbocycles. The van der Waals surface area contributed by atoms with Gasteiger partial charge < -0.3 is 4.90 Å². The topological polar surface area (TPSA) is 39.9 Å². The van der Waals surface area contributed by atoms with Crippen molar-refractivity contribution in [3.8, 4) is 6.07 Å². The molecule has 15 heavy (non-hydrogen) atoms. The second-order valence-electron chi connectivity index (χ2n) is 4.18. The molecule has 0 aliphatic carbocycles. The van der Waals surface area contributed by atoms with Gasteiger partial charge in [-0.2, -0.15) is 5.26 Å². The van der Waals surface area contributed by atoms with Crippen LogP contribution in [0.25, 0.3) is 0 Å². The van der Waals surface area contributed by atoms with Crippen molar-refractivity contribution in [3.63, 3.8) is 0 Å². The monoisotopic (exact) mass is 201 g/mol. The smallest absolute Gasteiger partial charge is 0.146 e. The molecular weight excluding hydrogens is 186 g/mol. The molecule has 1 atom stereocenters. The Morgan fingerprint density at radius 3 is 3.20 bits per heavy atom. The maximum Gasteiger partial charge on any atom is 0.146 e. The van der Waals surface area contributed by atoms with Crippen molar-refractivity contribution in [2.24, 2.45) is 5.92 Å². The van der Waals surface area contributed by atoms with E-state index in [0.29, 0.717) is 11.5 Å². The van der Waals surface area contributed by atoms with Crippen LogP contribution in [-0.2, 0) is 0 Å². The summed E-state index contributed by atoms with van der Waals surface area (Å²) in [6.07, 6.45) is 4.24. The highest BCUT2D eigenvalue weighted by Gasteiger charge is 2.19. The van der Waals surface area contributed by atoms with E-state index < -0.39 is 0 Å². The quantitative estimate of drug-likeness (QED) is 0.699. The molecule has 1 aliphatic heterocycles. The summed E-state index contributed by atoms with van der Waals surface area (Å²) >= 11 is 0. The Morgan fingerprint density at radius 2 is 2.47 bits per heavy atom. The van der Waals surface area contributed by atoms with Crippen LogP contribution in [0.15, 0.2) is 18.3 Å². The highest BCUT2D eigenvalue weighted by Crippen LogP contribution is 2.23. The van der Waals surface area contributed by atoms with Crippen LogP contribution in [0.4, 0.5) is 5.82 Å². The summed E-state index contributed by atoms with van der Waals surface area (Å²) in [6, 6.07) is 5.85. The molecular formula is C12H15N3. The SMILES string of the molecule is C[C@@H]1CCCN(c2ncccc2C#N)C1. The van der Waals surface area contributed by atoms with Crippen LogP contribution in [-0.4, -0.2) is 18.1 Å². The zero-order chi connectivity index (χ0) is 10.7. The number of anilines is 1. The number of rotatable bonds is 1. The molecule has 1 aliphatic rings. The van der Waals surface area contributed by atoms with Gasteiger partial charge in [-0.25, -0.2) is 4.98 Å². The molecule has 0 radical (unpaired) electrons. The lowest BCUT2D eigenvalue weighted by atomic mass is 10.00. The second kappa shape index (κ2) is 4.31. The van der Waals surface area contributed by atoms with Crippen LogP contribution in [0, 0.1) is 17.2 Å².